The van der Waals surface area contributed by atoms with Crippen LogP contribution in [0.4, 0.5) is 0 Å². The highest BCUT2D eigenvalue weighted by molar-refractivity contribution is 7.21. The number of carboxylic acids is 4. The molecule has 0 bridgehead atoms. The predicted molar refractivity (Wildman–Crippen MR) is 132 cm³/mol. The van der Waals surface area contributed by atoms with Gasteiger partial charge in [0, 0.05) is 13.1 Å². The van der Waals surface area contributed by atoms with Crippen molar-refractivity contribution in [2.45, 2.75) is 20.4 Å². The Labute approximate surface area is 210 Å². The van der Waals surface area contributed by atoms with Crippen LogP contribution in [-0.4, -0.2) is 81.4 Å². The standard InChI is InChI=1S/C19H25N3OS.2C2H2O4/c1-19(2,13-22(3)4)12-20-11-14-9-10-16(23-14)18-21-15-7-5-6-8-17(15)24-18;2*3-1(4)2(5)6/h5-10,20H,11-13H2,1-4H3;2*(H,3,4)(H,5,6). The minimum atomic E-state index is -1.82. The van der Waals surface area contributed by atoms with Gasteiger partial charge in [-0.25, -0.2) is 24.2 Å². The normalized spacial score (nSPS) is 10.7. The zero-order valence-electron chi connectivity index (χ0n) is 20.2. The van der Waals surface area contributed by atoms with Crippen molar-refractivity contribution in [3.05, 3.63) is 42.2 Å². The third-order valence-corrected chi connectivity index (χ3v) is 5.23. The fourth-order valence-corrected chi connectivity index (χ4v) is 3.93. The van der Waals surface area contributed by atoms with Crippen molar-refractivity contribution in [2.75, 3.05) is 27.2 Å². The second kappa shape index (κ2) is 13.9. The van der Waals surface area contributed by atoms with Crippen LogP contribution in [0.1, 0.15) is 19.6 Å². The van der Waals surface area contributed by atoms with Crippen LogP contribution >= 0.6 is 11.3 Å². The largest absolute Gasteiger partial charge is 0.473 e. The maximum Gasteiger partial charge on any atom is 0.414 e. The molecule has 0 unspecified atom stereocenters. The van der Waals surface area contributed by atoms with Gasteiger partial charge >= 0.3 is 23.9 Å². The van der Waals surface area contributed by atoms with Gasteiger partial charge in [-0.2, -0.15) is 0 Å². The molecule has 12 nitrogen and oxygen atoms in total. The van der Waals surface area contributed by atoms with Gasteiger partial charge in [0.05, 0.1) is 16.8 Å². The number of nitrogens with zero attached hydrogens (tertiary/aromatic N) is 2. The van der Waals surface area contributed by atoms with Gasteiger partial charge < -0.3 is 35.1 Å². The summed E-state index contributed by atoms with van der Waals surface area (Å²) in [4.78, 5) is 43.3. The number of para-hydroxylation sites is 1. The van der Waals surface area contributed by atoms with Crippen LogP contribution in [0, 0.1) is 5.41 Å². The summed E-state index contributed by atoms with van der Waals surface area (Å²) < 4.78 is 7.16. The number of carbonyl (C=O) groups is 4. The van der Waals surface area contributed by atoms with Crippen LogP contribution < -0.4 is 5.32 Å². The SMILES string of the molecule is CN(C)CC(C)(C)CNCc1ccc(-c2nc3ccccc3s2)o1.O=C(O)C(=O)O.O=C(O)C(=O)O. The van der Waals surface area contributed by atoms with Gasteiger partial charge in [-0.05, 0) is 43.8 Å². The zero-order valence-corrected chi connectivity index (χ0v) is 21.0. The summed E-state index contributed by atoms with van der Waals surface area (Å²) in [6.45, 7) is 7.28. The van der Waals surface area contributed by atoms with Crippen molar-refractivity contribution in [1.82, 2.24) is 15.2 Å². The first-order valence-electron chi connectivity index (χ1n) is 10.4. The van der Waals surface area contributed by atoms with E-state index in [4.69, 9.17) is 44.0 Å². The summed E-state index contributed by atoms with van der Waals surface area (Å²) in [6.07, 6.45) is 0. The van der Waals surface area contributed by atoms with Gasteiger partial charge in [-0.15, -0.1) is 11.3 Å². The maximum absolute atomic E-state index is 9.10. The average molecular weight is 524 g/mol. The fourth-order valence-electron chi connectivity index (χ4n) is 3.00. The van der Waals surface area contributed by atoms with E-state index in [9.17, 15) is 0 Å². The number of hydrogen-bond donors (Lipinski definition) is 5. The number of carboxylic acid groups (broad SMARTS) is 4. The lowest BCUT2D eigenvalue weighted by Gasteiger charge is -2.28. The summed E-state index contributed by atoms with van der Waals surface area (Å²) in [5.74, 6) is -5.50. The molecule has 13 heteroatoms. The number of thiazole rings is 1. The summed E-state index contributed by atoms with van der Waals surface area (Å²) in [6, 6.07) is 12.2. The minimum Gasteiger partial charge on any atom is -0.473 e. The Morgan fingerprint density at radius 1 is 0.944 bits per heavy atom. The number of furan rings is 1. The number of fused-ring (bicyclic) bond motifs is 1. The summed E-state index contributed by atoms with van der Waals surface area (Å²) >= 11 is 1.67. The molecule has 2 aromatic heterocycles. The molecule has 0 radical (unpaired) electrons. The van der Waals surface area contributed by atoms with Crippen molar-refractivity contribution < 1.29 is 44.0 Å². The number of aromatic nitrogens is 1. The first kappa shape index (κ1) is 30.2. The van der Waals surface area contributed by atoms with E-state index >= 15 is 0 Å². The Hall–Kier alpha value is -3.81. The molecule has 0 saturated heterocycles. The first-order valence-corrected chi connectivity index (χ1v) is 11.3. The van der Waals surface area contributed by atoms with Crippen molar-refractivity contribution in [3.63, 3.8) is 0 Å². The number of hydrogen-bond acceptors (Lipinski definition) is 9. The second-order valence-corrected chi connectivity index (χ2v) is 9.51. The summed E-state index contributed by atoms with van der Waals surface area (Å²) in [5.41, 5.74) is 1.25. The third-order valence-electron chi connectivity index (χ3n) is 4.18. The van der Waals surface area contributed by atoms with Crippen molar-refractivity contribution in [3.8, 4) is 10.8 Å². The highest BCUT2D eigenvalue weighted by Crippen LogP contribution is 2.31. The Balaban J connectivity index is 0.000000450. The molecule has 3 aromatic rings. The van der Waals surface area contributed by atoms with Gasteiger partial charge in [-0.1, -0.05) is 26.0 Å². The maximum atomic E-state index is 9.10. The molecule has 3 rings (SSSR count). The lowest BCUT2D eigenvalue weighted by Crippen LogP contribution is -2.37. The van der Waals surface area contributed by atoms with Crippen molar-refractivity contribution >= 4 is 45.4 Å². The van der Waals surface area contributed by atoms with Gasteiger partial charge in [0.15, 0.2) is 10.8 Å². The highest BCUT2D eigenvalue weighted by Gasteiger charge is 2.18. The van der Waals surface area contributed by atoms with Crippen LogP contribution in [0.25, 0.3) is 21.0 Å². The topological polar surface area (TPSA) is 190 Å². The third kappa shape index (κ3) is 11.1. The monoisotopic (exact) mass is 523 g/mol. The van der Waals surface area contributed by atoms with Crippen molar-refractivity contribution in [1.29, 1.82) is 0 Å². The van der Waals surface area contributed by atoms with E-state index in [1.54, 1.807) is 11.3 Å². The van der Waals surface area contributed by atoms with Crippen LogP contribution in [0.5, 0.6) is 0 Å². The Bertz CT molecular complexity index is 1100. The molecule has 1 aromatic carbocycles. The lowest BCUT2D eigenvalue weighted by molar-refractivity contribution is -0.159. The van der Waals surface area contributed by atoms with Crippen LogP contribution in [0.3, 0.4) is 0 Å². The Morgan fingerprint density at radius 2 is 1.50 bits per heavy atom. The van der Waals surface area contributed by atoms with Crippen molar-refractivity contribution in [2.24, 2.45) is 5.41 Å². The van der Waals surface area contributed by atoms with E-state index in [-0.39, 0.29) is 5.41 Å². The molecule has 0 atom stereocenters. The molecule has 0 aliphatic rings. The van der Waals surface area contributed by atoms with E-state index in [1.807, 2.05) is 30.3 Å². The number of nitrogens with one attached hydrogen (secondary N) is 1. The molecular formula is C23H29N3O9S. The van der Waals surface area contributed by atoms with E-state index in [2.05, 4.69) is 49.2 Å². The molecule has 0 spiro atoms. The number of rotatable bonds is 7. The molecule has 196 valence electrons. The van der Waals surface area contributed by atoms with Crippen LogP contribution in [-0.2, 0) is 25.7 Å². The van der Waals surface area contributed by atoms with Gasteiger partial charge in [0.1, 0.15) is 5.76 Å². The lowest BCUT2D eigenvalue weighted by atomic mass is 9.93. The summed E-state index contributed by atoms with van der Waals surface area (Å²) in [5, 5.41) is 34.0. The molecule has 0 aliphatic carbocycles. The minimum absolute atomic E-state index is 0.228. The fraction of sp³-hybridized carbons (Fsp3) is 0.348. The smallest absolute Gasteiger partial charge is 0.414 e. The van der Waals surface area contributed by atoms with Gasteiger partial charge in [0.2, 0.25) is 0 Å². The Kier molecular flexibility index (Phi) is 11.7. The van der Waals surface area contributed by atoms with E-state index in [1.165, 1.54) is 4.70 Å². The zero-order chi connectivity index (χ0) is 27.5. The number of aliphatic carboxylic acids is 4. The molecule has 0 aliphatic heterocycles. The molecule has 5 N–H and O–H groups in total. The van der Waals surface area contributed by atoms with E-state index in [0.29, 0.717) is 0 Å². The molecule has 0 fully saturated rings. The average Bonchev–Trinajstić information content (AvgIpc) is 3.40. The molecule has 2 heterocycles. The molecule has 0 saturated carbocycles. The van der Waals surface area contributed by atoms with Gasteiger partial charge in [0.25, 0.3) is 0 Å². The number of benzene rings is 1. The van der Waals surface area contributed by atoms with E-state index in [0.717, 1.165) is 41.7 Å². The molecule has 0 amide bonds. The molecular weight excluding hydrogens is 494 g/mol. The highest BCUT2D eigenvalue weighted by atomic mass is 32.1. The predicted octanol–water partition coefficient (Wildman–Crippen LogP) is 2.54. The van der Waals surface area contributed by atoms with Crippen LogP contribution in [0.2, 0.25) is 0 Å². The molecule has 36 heavy (non-hydrogen) atoms. The second-order valence-electron chi connectivity index (χ2n) is 8.48. The quantitative estimate of drug-likeness (QED) is 0.285. The van der Waals surface area contributed by atoms with E-state index < -0.39 is 23.9 Å². The first-order chi connectivity index (χ1) is 16.7. The van der Waals surface area contributed by atoms with Gasteiger partial charge in [-0.3, -0.25) is 0 Å². The van der Waals surface area contributed by atoms with Crippen LogP contribution in [0.15, 0.2) is 40.8 Å². The Morgan fingerprint density at radius 3 is 2.00 bits per heavy atom. The summed E-state index contributed by atoms with van der Waals surface area (Å²) in [7, 11) is 4.22.